The molecule has 1 aromatic heterocycles. The SMILES string of the molecule is CC(C)C1CN(c2cccc(C#N)n2)CCC(=O)N1Cc1ccc(F)cc1. The summed E-state index contributed by atoms with van der Waals surface area (Å²) in [6, 6.07) is 13.7. The Balaban J connectivity index is 1.86. The topological polar surface area (TPSA) is 60.2 Å². The lowest BCUT2D eigenvalue weighted by atomic mass is 10.0. The highest BCUT2D eigenvalue weighted by molar-refractivity contribution is 5.78. The number of carbonyl (C=O) groups is 1. The first-order valence-electron chi connectivity index (χ1n) is 9.14. The molecule has 1 aromatic carbocycles. The maximum Gasteiger partial charge on any atom is 0.224 e. The van der Waals surface area contributed by atoms with Crippen LogP contribution >= 0.6 is 0 Å². The van der Waals surface area contributed by atoms with Gasteiger partial charge in [-0.05, 0) is 35.7 Å². The summed E-state index contributed by atoms with van der Waals surface area (Å²) in [4.78, 5) is 21.2. The molecule has 1 unspecified atom stereocenters. The molecule has 3 rings (SSSR count). The van der Waals surface area contributed by atoms with Crippen molar-refractivity contribution in [2.45, 2.75) is 32.9 Å². The Morgan fingerprint density at radius 2 is 2.00 bits per heavy atom. The molecule has 1 aliphatic rings. The monoisotopic (exact) mass is 366 g/mol. The molecule has 0 aliphatic carbocycles. The molecule has 27 heavy (non-hydrogen) atoms. The van der Waals surface area contributed by atoms with Gasteiger partial charge in [-0.1, -0.05) is 32.0 Å². The lowest BCUT2D eigenvalue weighted by Crippen LogP contribution is -2.46. The molecule has 0 N–H and O–H groups in total. The number of hydrogen-bond donors (Lipinski definition) is 0. The van der Waals surface area contributed by atoms with E-state index < -0.39 is 0 Å². The third-order valence-corrected chi connectivity index (χ3v) is 4.93. The summed E-state index contributed by atoms with van der Waals surface area (Å²) in [5, 5.41) is 9.10. The van der Waals surface area contributed by atoms with Crippen LogP contribution in [0.25, 0.3) is 0 Å². The molecule has 1 fully saturated rings. The molecule has 0 bridgehead atoms. The quantitative estimate of drug-likeness (QED) is 0.833. The molecule has 1 amide bonds. The molecule has 6 heteroatoms. The Hall–Kier alpha value is -2.94. The number of carbonyl (C=O) groups excluding carboxylic acids is 1. The largest absolute Gasteiger partial charge is 0.354 e. The number of hydrogen-bond acceptors (Lipinski definition) is 4. The van der Waals surface area contributed by atoms with Gasteiger partial charge >= 0.3 is 0 Å². The first-order chi connectivity index (χ1) is 13.0. The second-order valence-corrected chi connectivity index (χ2v) is 7.15. The molecule has 2 aromatic rings. The first kappa shape index (κ1) is 18.8. The third kappa shape index (κ3) is 4.43. The van der Waals surface area contributed by atoms with E-state index in [0.717, 1.165) is 11.4 Å². The molecule has 0 radical (unpaired) electrons. The van der Waals surface area contributed by atoms with Crippen molar-refractivity contribution in [3.8, 4) is 6.07 Å². The minimum atomic E-state index is -0.282. The second kappa shape index (κ2) is 8.17. The van der Waals surface area contributed by atoms with Crippen molar-refractivity contribution in [2.24, 2.45) is 5.92 Å². The zero-order valence-corrected chi connectivity index (χ0v) is 15.6. The van der Waals surface area contributed by atoms with Crippen LogP contribution in [0.4, 0.5) is 10.2 Å². The predicted molar refractivity (Wildman–Crippen MR) is 101 cm³/mol. The van der Waals surface area contributed by atoms with Gasteiger partial charge in [-0.3, -0.25) is 4.79 Å². The number of aromatic nitrogens is 1. The highest BCUT2D eigenvalue weighted by Crippen LogP contribution is 2.24. The van der Waals surface area contributed by atoms with Crippen LogP contribution in [-0.2, 0) is 11.3 Å². The molecule has 2 heterocycles. The number of benzene rings is 1. The summed E-state index contributed by atoms with van der Waals surface area (Å²) >= 11 is 0. The molecule has 5 nitrogen and oxygen atoms in total. The van der Waals surface area contributed by atoms with E-state index in [2.05, 4.69) is 29.8 Å². The number of nitriles is 1. The maximum atomic E-state index is 13.2. The molecule has 0 saturated carbocycles. The van der Waals surface area contributed by atoms with Gasteiger partial charge in [0.1, 0.15) is 23.4 Å². The van der Waals surface area contributed by atoms with Crippen molar-refractivity contribution < 1.29 is 9.18 Å². The summed E-state index contributed by atoms with van der Waals surface area (Å²) in [5.41, 5.74) is 1.28. The van der Waals surface area contributed by atoms with Crippen molar-refractivity contribution in [1.82, 2.24) is 9.88 Å². The fourth-order valence-corrected chi connectivity index (χ4v) is 3.41. The molecule has 0 spiro atoms. The predicted octanol–water partition coefficient (Wildman–Crippen LogP) is 3.36. The number of nitrogens with zero attached hydrogens (tertiary/aromatic N) is 4. The molecular weight excluding hydrogens is 343 g/mol. The summed E-state index contributed by atoms with van der Waals surface area (Å²) in [6.45, 7) is 5.86. The number of halogens is 1. The van der Waals surface area contributed by atoms with Gasteiger partial charge in [-0.25, -0.2) is 9.37 Å². The van der Waals surface area contributed by atoms with Crippen molar-refractivity contribution >= 4 is 11.7 Å². The second-order valence-electron chi connectivity index (χ2n) is 7.15. The van der Waals surface area contributed by atoms with Gasteiger partial charge in [0.05, 0.1) is 6.04 Å². The highest BCUT2D eigenvalue weighted by atomic mass is 19.1. The van der Waals surface area contributed by atoms with E-state index in [1.54, 1.807) is 18.2 Å². The lowest BCUT2D eigenvalue weighted by molar-refractivity contribution is -0.134. The fourth-order valence-electron chi connectivity index (χ4n) is 3.41. The molecule has 1 aliphatic heterocycles. The Bertz CT molecular complexity index is 844. The average molecular weight is 366 g/mol. The Labute approximate surface area is 159 Å². The first-order valence-corrected chi connectivity index (χ1v) is 9.14. The van der Waals surface area contributed by atoms with Crippen LogP contribution in [0.2, 0.25) is 0 Å². The van der Waals surface area contributed by atoms with Crippen molar-refractivity contribution in [2.75, 3.05) is 18.0 Å². The number of anilines is 1. The fraction of sp³-hybridized carbons (Fsp3) is 0.381. The normalized spacial score (nSPS) is 17.7. The van der Waals surface area contributed by atoms with E-state index in [0.29, 0.717) is 31.7 Å². The van der Waals surface area contributed by atoms with Gasteiger partial charge in [-0.2, -0.15) is 5.26 Å². The Morgan fingerprint density at radius 1 is 1.26 bits per heavy atom. The van der Waals surface area contributed by atoms with Gasteiger partial charge in [0.2, 0.25) is 5.91 Å². The van der Waals surface area contributed by atoms with Crippen LogP contribution in [0.1, 0.15) is 31.5 Å². The van der Waals surface area contributed by atoms with Crippen LogP contribution in [0.5, 0.6) is 0 Å². The van der Waals surface area contributed by atoms with Gasteiger partial charge < -0.3 is 9.80 Å². The number of amides is 1. The Kier molecular flexibility index (Phi) is 5.70. The van der Waals surface area contributed by atoms with Gasteiger partial charge in [0.25, 0.3) is 0 Å². The van der Waals surface area contributed by atoms with Crippen LogP contribution in [0, 0.1) is 23.1 Å². The van der Waals surface area contributed by atoms with E-state index in [1.807, 2.05) is 17.0 Å². The smallest absolute Gasteiger partial charge is 0.224 e. The summed E-state index contributed by atoms with van der Waals surface area (Å²) in [6.07, 6.45) is 0.378. The van der Waals surface area contributed by atoms with Crippen molar-refractivity contribution in [3.63, 3.8) is 0 Å². The van der Waals surface area contributed by atoms with E-state index in [1.165, 1.54) is 12.1 Å². The molecule has 140 valence electrons. The summed E-state index contributed by atoms with van der Waals surface area (Å²) < 4.78 is 13.2. The van der Waals surface area contributed by atoms with Crippen molar-refractivity contribution in [3.05, 3.63) is 59.5 Å². The van der Waals surface area contributed by atoms with Crippen LogP contribution in [0.15, 0.2) is 42.5 Å². The number of rotatable bonds is 4. The minimum absolute atomic E-state index is 0.00223. The highest BCUT2D eigenvalue weighted by Gasteiger charge is 2.32. The van der Waals surface area contributed by atoms with E-state index in [4.69, 9.17) is 5.26 Å². The van der Waals surface area contributed by atoms with Crippen molar-refractivity contribution in [1.29, 1.82) is 5.26 Å². The summed E-state index contributed by atoms with van der Waals surface area (Å²) in [7, 11) is 0. The zero-order chi connectivity index (χ0) is 19.4. The van der Waals surface area contributed by atoms with E-state index >= 15 is 0 Å². The van der Waals surface area contributed by atoms with Crippen LogP contribution < -0.4 is 4.90 Å². The standard InChI is InChI=1S/C21H23FN4O/c1-15(2)19-14-25(20-5-3-4-18(12-23)24-20)11-10-21(27)26(19)13-16-6-8-17(22)9-7-16/h3-9,15,19H,10-11,13-14H2,1-2H3. The molecular formula is C21H23FN4O. The Morgan fingerprint density at radius 3 is 2.67 bits per heavy atom. The average Bonchev–Trinajstić information content (AvgIpc) is 2.83. The number of pyridine rings is 1. The van der Waals surface area contributed by atoms with Crippen LogP contribution in [0.3, 0.4) is 0 Å². The third-order valence-electron chi connectivity index (χ3n) is 4.93. The lowest BCUT2D eigenvalue weighted by Gasteiger charge is -2.35. The van der Waals surface area contributed by atoms with Gasteiger partial charge in [0, 0.05) is 26.1 Å². The molecule has 1 saturated heterocycles. The van der Waals surface area contributed by atoms with E-state index in [-0.39, 0.29) is 23.7 Å². The van der Waals surface area contributed by atoms with Gasteiger partial charge in [-0.15, -0.1) is 0 Å². The van der Waals surface area contributed by atoms with Crippen LogP contribution in [-0.4, -0.2) is 34.9 Å². The minimum Gasteiger partial charge on any atom is -0.354 e. The zero-order valence-electron chi connectivity index (χ0n) is 15.6. The van der Waals surface area contributed by atoms with Gasteiger partial charge in [0.15, 0.2) is 0 Å². The van der Waals surface area contributed by atoms with E-state index in [9.17, 15) is 9.18 Å². The summed E-state index contributed by atoms with van der Waals surface area (Å²) in [5.74, 6) is 0.762. The molecule has 1 atom stereocenters. The maximum absolute atomic E-state index is 13.2.